The zero-order valence-corrected chi connectivity index (χ0v) is 18.7. The Balaban J connectivity index is 1.68. The number of carbonyl (C=O) groups excluding carboxylic acids is 1. The highest BCUT2D eigenvalue weighted by atomic mass is 32.2. The summed E-state index contributed by atoms with van der Waals surface area (Å²) < 4.78 is 17.3. The van der Waals surface area contributed by atoms with E-state index in [1.54, 1.807) is 60.3 Å². The molecule has 0 aliphatic rings. The Morgan fingerprint density at radius 3 is 2.72 bits per heavy atom. The van der Waals surface area contributed by atoms with Crippen molar-refractivity contribution in [3.8, 4) is 5.69 Å². The van der Waals surface area contributed by atoms with E-state index in [1.165, 1.54) is 10.6 Å². The predicted molar refractivity (Wildman–Crippen MR) is 124 cm³/mol. The summed E-state index contributed by atoms with van der Waals surface area (Å²) in [5, 5.41) is 7.77. The Morgan fingerprint density at radius 2 is 1.97 bits per heavy atom. The van der Waals surface area contributed by atoms with Gasteiger partial charge in [0.25, 0.3) is 5.56 Å². The lowest BCUT2D eigenvalue weighted by atomic mass is 10.2. The molecule has 0 aliphatic heterocycles. The highest BCUT2D eigenvalue weighted by molar-refractivity contribution is 7.99. The number of para-hydroxylation sites is 1. The summed E-state index contributed by atoms with van der Waals surface area (Å²) in [5.74, 6) is -0.0720. The molecular weight excluding hydrogens is 429 g/mol. The maximum absolute atomic E-state index is 14.3. The number of hydrogen-bond acceptors (Lipinski definition) is 5. The molecule has 32 heavy (non-hydrogen) atoms. The second-order valence-electron chi connectivity index (χ2n) is 7.58. The number of rotatable bonds is 6. The average Bonchev–Trinajstić information content (AvgIpc) is 3.23. The highest BCUT2D eigenvalue weighted by Gasteiger charge is 2.16. The molecule has 2 aromatic carbocycles. The third kappa shape index (κ3) is 4.29. The van der Waals surface area contributed by atoms with Crippen molar-refractivity contribution in [3.05, 3.63) is 76.5 Å². The number of benzene rings is 2. The van der Waals surface area contributed by atoms with Gasteiger partial charge in [-0.05, 0) is 50.6 Å². The normalized spacial score (nSPS) is 11.3. The van der Waals surface area contributed by atoms with Gasteiger partial charge in [-0.2, -0.15) is 5.10 Å². The van der Waals surface area contributed by atoms with E-state index in [9.17, 15) is 14.0 Å². The molecular formula is C23H22FN5O2S. The molecule has 0 radical (unpaired) electrons. The van der Waals surface area contributed by atoms with Gasteiger partial charge in [0, 0.05) is 12.1 Å². The number of amides is 1. The quantitative estimate of drug-likeness (QED) is 0.348. The molecule has 0 aliphatic carbocycles. The minimum absolute atomic E-state index is 0.0163. The first kappa shape index (κ1) is 21.8. The molecule has 0 saturated heterocycles. The van der Waals surface area contributed by atoms with Gasteiger partial charge in [0.15, 0.2) is 5.16 Å². The summed E-state index contributed by atoms with van der Waals surface area (Å²) in [7, 11) is 0. The molecule has 4 aromatic rings. The molecule has 7 nitrogen and oxygen atoms in total. The van der Waals surface area contributed by atoms with Gasteiger partial charge >= 0.3 is 0 Å². The van der Waals surface area contributed by atoms with Gasteiger partial charge in [0.2, 0.25) is 5.91 Å². The van der Waals surface area contributed by atoms with E-state index in [-0.39, 0.29) is 23.3 Å². The molecule has 0 atom stereocenters. The largest absolute Gasteiger partial charge is 0.310 e. The number of aryl methyl sites for hydroxylation is 1. The van der Waals surface area contributed by atoms with E-state index >= 15 is 0 Å². The molecule has 4 rings (SSSR count). The Bertz CT molecular complexity index is 1360. The van der Waals surface area contributed by atoms with Crippen LogP contribution in [0, 0.1) is 12.7 Å². The van der Waals surface area contributed by atoms with Crippen LogP contribution in [0.25, 0.3) is 16.6 Å². The number of aromatic nitrogens is 4. The lowest BCUT2D eigenvalue weighted by Gasteiger charge is -2.14. The van der Waals surface area contributed by atoms with Gasteiger partial charge in [-0.25, -0.2) is 14.1 Å². The Morgan fingerprint density at radius 1 is 1.19 bits per heavy atom. The van der Waals surface area contributed by atoms with Crippen LogP contribution in [0.15, 0.2) is 64.7 Å². The number of fused-ring (bicyclic) bond motifs is 1. The van der Waals surface area contributed by atoms with Crippen LogP contribution in [0.3, 0.4) is 0 Å². The van der Waals surface area contributed by atoms with E-state index in [4.69, 9.17) is 0 Å². The first-order chi connectivity index (χ1) is 15.3. The summed E-state index contributed by atoms with van der Waals surface area (Å²) in [6.07, 6.45) is 1.62. The van der Waals surface area contributed by atoms with Gasteiger partial charge in [-0.1, -0.05) is 30.0 Å². The zero-order valence-electron chi connectivity index (χ0n) is 17.9. The van der Waals surface area contributed by atoms with Crippen molar-refractivity contribution in [2.24, 2.45) is 0 Å². The Kier molecular flexibility index (Phi) is 6.09. The van der Waals surface area contributed by atoms with Gasteiger partial charge in [-0.15, -0.1) is 0 Å². The minimum atomic E-state index is -0.418. The number of anilines is 1. The molecule has 2 heterocycles. The summed E-state index contributed by atoms with van der Waals surface area (Å²) in [5.41, 5.74) is 1.03. The van der Waals surface area contributed by atoms with Gasteiger partial charge in [0.05, 0.1) is 28.5 Å². The Labute approximate surface area is 188 Å². The highest BCUT2D eigenvalue weighted by Crippen LogP contribution is 2.23. The van der Waals surface area contributed by atoms with E-state index < -0.39 is 5.82 Å². The number of nitrogens with one attached hydrogen (secondary N) is 1. The number of thioether (sulfide) groups is 1. The topological polar surface area (TPSA) is 81.8 Å². The second kappa shape index (κ2) is 8.96. The van der Waals surface area contributed by atoms with Crippen molar-refractivity contribution >= 4 is 34.4 Å². The predicted octanol–water partition coefficient (Wildman–Crippen LogP) is 4.34. The maximum atomic E-state index is 14.3. The lowest BCUT2D eigenvalue weighted by molar-refractivity contribution is -0.113. The van der Waals surface area contributed by atoms with E-state index in [2.05, 4.69) is 15.4 Å². The maximum Gasteiger partial charge on any atom is 0.266 e. The molecule has 164 valence electrons. The fourth-order valence-electron chi connectivity index (χ4n) is 3.29. The molecule has 9 heteroatoms. The summed E-state index contributed by atoms with van der Waals surface area (Å²) in [6, 6.07) is 13.4. The third-order valence-corrected chi connectivity index (χ3v) is 5.86. The molecule has 0 unspecified atom stereocenters. The van der Waals surface area contributed by atoms with Gasteiger partial charge in [-0.3, -0.25) is 14.2 Å². The lowest BCUT2D eigenvalue weighted by Crippen LogP contribution is -2.23. The van der Waals surface area contributed by atoms with Gasteiger partial charge < -0.3 is 5.32 Å². The second-order valence-corrected chi connectivity index (χ2v) is 8.52. The van der Waals surface area contributed by atoms with E-state index in [0.717, 1.165) is 11.8 Å². The molecule has 0 spiro atoms. The SMILES string of the molecule is Cc1ccc(-n2c(SCC(=O)Nc3ccnn3C(C)C)nc3ccccc3c2=O)cc1F. The van der Waals surface area contributed by atoms with Crippen LogP contribution < -0.4 is 10.9 Å². The number of halogens is 1. The zero-order chi connectivity index (χ0) is 22.8. The number of carbonyl (C=O) groups is 1. The molecule has 0 bridgehead atoms. The monoisotopic (exact) mass is 451 g/mol. The van der Waals surface area contributed by atoms with Crippen LogP contribution in [0.5, 0.6) is 0 Å². The average molecular weight is 452 g/mol. The standard InChI is InChI=1S/C23H22FN5O2S/c1-14(2)29-20(10-11-25-29)27-21(30)13-32-23-26-19-7-5-4-6-17(19)22(31)28(23)16-9-8-15(3)18(24)12-16/h4-12,14H,13H2,1-3H3,(H,27,30). The van der Waals surface area contributed by atoms with Gasteiger partial charge in [0.1, 0.15) is 11.6 Å². The van der Waals surface area contributed by atoms with Crippen molar-refractivity contribution in [3.63, 3.8) is 0 Å². The third-order valence-electron chi connectivity index (χ3n) is 4.92. The van der Waals surface area contributed by atoms with Crippen LogP contribution >= 0.6 is 11.8 Å². The van der Waals surface area contributed by atoms with Crippen LogP contribution in [-0.2, 0) is 4.79 Å². The molecule has 1 N–H and O–H groups in total. The molecule has 2 aromatic heterocycles. The molecule has 0 saturated carbocycles. The number of hydrogen-bond donors (Lipinski definition) is 1. The van der Waals surface area contributed by atoms with Crippen LogP contribution in [0.4, 0.5) is 10.2 Å². The van der Waals surface area contributed by atoms with Crippen molar-refractivity contribution < 1.29 is 9.18 Å². The van der Waals surface area contributed by atoms with Crippen molar-refractivity contribution in [2.45, 2.75) is 32.0 Å². The number of nitrogens with zero attached hydrogens (tertiary/aromatic N) is 4. The molecule has 1 amide bonds. The van der Waals surface area contributed by atoms with Crippen molar-refractivity contribution in [1.82, 2.24) is 19.3 Å². The fraction of sp³-hybridized carbons (Fsp3) is 0.217. The van der Waals surface area contributed by atoms with Crippen LogP contribution in [0.2, 0.25) is 0 Å². The molecule has 0 fully saturated rings. The minimum Gasteiger partial charge on any atom is -0.310 e. The Hall–Kier alpha value is -3.46. The fourth-order valence-corrected chi connectivity index (χ4v) is 4.10. The summed E-state index contributed by atoms with van der Waals surface area (Å²) >= 11 is 1.11. The van der Waals surface area contributed by atoms with Crippen molar-refractivity contribution in [2.75, 3.05) is 11.1 Å². The van der Waals surface area contributed by atoms with E-state index in [1.807, 2.05) is 13.8 Å². The summed E-state index contributed by atoms with van der Waals surface area (Å²) in [4.78, 5) is 30.4. The van der Waals surface area contributed by atoms with Crippen LogP contribution in [-0.4, -0.2) is 31.0 Å². The van der Waals surface area contributed by atoms with Crippen molar-refractivity contribution in [1.29, 1.82) is 0 Å². The van der Waals surface area contributed by atoms with E-state index in [0.29, 0.717) is 33.1 Å². The smallest absolute Gasteiger partial charge is 0.266 e. The first-order valence-electron chi connectivity index (χ1n) is 10.1. The van der Waals surface area contributed by atoms with Crippen LogP contribution in [0.1, 0.15) is 25.5 Å². The first-order valence-corrected chi connectivity index (χ1v) is 11.1. The summed E-state index contributed by atoms with van der Waals surface area (Å²) in [6.45, 7) is 5.59.